The Morgan fingerprint density at radius 2 is 1.59 bits per heavy atom. The average molecular weight is 231 g/mol. The van der Waals surface area contributed by atoms with Gasteiger partial charge >= 0.3 is 0 Å². The monoisotopic (exact) mass is 231 g/mol. The highest BCUT2D eigenvalue weighted by molar-refractivity contribution is 5.35. The van der Waals surface area contributed by atoms with Gasteiger partial charge in [-0.15, -0.1) is 0 Å². The van der Waals surface area contributed by atoms with Crippen molar-refractivity contribution in [3.63, 3.8) is 0 Å². The Morgan fingerprint density at radius 3 is 2.18 bits per heavy atom. The van der Waals surface area contributed by atoms with Crippen LogP contribution in [0.25, 0.3) is 0 Å². The van der Waals surface area contributed by atoms with E-state index in [4.69, 9.17) is 5.73 Å². The van der Waals surface area contributed by atoms with Crippen LogP contribution in [-0.2, 0) is 5.54 Å². The molecule has 1 aromatic carbocycles. The first-order chi connectivity index (χ1) is 8.09. The Morgan fingerprint density at radius 1 is 1.00 bits per heavy atom. The Bertz CT molecular complexity index is 354. The van der Waals surface area contributed by atoms with Crippen molar-refractivity contribution >= 4 is 0 Å². The minimum absolute atomic E-state index is 0.219. The van der Waals surface area contributed by atoms with Crippen LogP contribution in [0.1, 0.15) is 69.4 Å². The van der Waals surface area contributed by atoms with Crippen LogP contribution in [0.5, 0.6) is 0 Å². The maximum Gasteiger partial charge on any atom is 0.0355 e. The summed E-state index contributed by atoms with van der Waals surface area (Å²) >= 11 is 0. The van der Waals surface area contributed by atoms with E-state index in [0.29, 0.717) is 0 Å². The zero-order valence-electron chi connectivity index (χ0n) is 11.2. The molecule has 1 heteroatoms. The normalized spacial score (nSPS) is 19.0. The molecule has 1 fully saturated rings. The van der Waals surface area contributed by atoms with Crippen LogP contribution in [0.4, 0.5) is 0 Å². The van der Waals surface area contributed by atoms with E-state index in [-0.39, 0.29) is 5.54 Å². The van der Waals surface area contributed by atoms with Gasteiger partial charge in [0.15, 0.2) is 0 Å². The molecular formula is C16H25N. The Balaban J connectivity index is 2.30. The first-order valence-electron chi connectivity index (χ1n) is 6.97. The summed E-state index contributed by atoms with van der Waals surface area (Å²) in [6, 6.07) is 8.78. The van der Waals surface area contributed by atoms with Gasteiger partial charge < -0.3 is 5.73 Å². The summed E-state index contributed by atoms with van der Waals surface area (Å²) < 4.78 is 0. The van der Waals surface area contributed by atoms with Crippen LogP contribution in [-0.4, -0.2) is 0 Å². The van der Waals surface area contributed by atoms with Crippen molar-refractivity contribution in [2.24, 2.45) is 5.73 Å². The molecule has 0 amide bonds. The van der Waals surface area contributed by atoms with Gasteiger partial charge in [0.1, 0.15) is 0 Å². The van der Waals surface area contributed by atoms with E-state index >= 15 is 0 Å². The molecule has 0 unspecified atom stereocenters. The summed E-state index contributed by atoms with van der Waals surface area (Å²) in [5.74, 6) is 0.733. The molecule has 1 aliphatic carbocycles. The maximum atomic E-state index is 6.30. The third kappa shape index (κ3) is 3.10. The van der Waals surface area contributed by atoms with Crippen molar-refractivity contribution in [1.82, 2.24) is 0 Å². The largest absolute Gasteiger partial charge is 0.322 e. The molecule has 1 saturated carbocycles. The van der Waals surface area contributed by atoms with E-state index in [1.165, 1.54) is 49.7 Å². The van der Waals surface area contributed by atoms with Crippen molar-refractivity contribution in [1.29, 1.82) is 0 Å². The lowest BCUT2D eigenvalue weighted by molar-refractivity contribution is 0.521. The van der Waals surface area contributed by atoms with Gasteiger partial charge in [0.2, 0.25) is 0 Å². The van der Waals surface area contributed by atoms with Crippen LogP contribution < -0.4 is 5.73 Å². The highest BCUT2D eigenvalue weighted by Gasteiger charge is 2.23. The minimum Gasteiger partial charge on any atom is -0.322 e. The molecule has 1 aromatic rings. The number of hydrogen-bond acceptors (Lipinski definition) is 1. The Hall–Kier alpha value is -0.820. The fraction of sp³-hybridized carbons (Fsp3) is 0.625. The summed E-state index contributed by atoms with van der Waals surface area (Å²) in [7, 11) is 0. The molecule has 0 spiro atoms. The van der Waals surface area contributed by atoms with Crippen LogP contribution in [0.3, 0.4) is 0 Å². The minimum atomic E-state index is -0.219. The molecule has 0 atom stereocenters. The molecule has 0 saturated heterocycles. The molecule has 0 aromatic heterocycles. The maximum absolute atomic E-state index is 6.30. The van der Waals surface area contributed by atoms with Gasteiger partial charge in [0.25, 0.3) is 0 Å². The van der Waals surface area contributed by atoms with Gasteiger partial charge in [-0.1, -0.05) is 49.9 Å². The Kier molecular flexibility index (Phi) is 3.88. The fourth-order valence-corrected chi connectivity index (χ4v) is 3.03. The van der Waals surface area contributed by atoms with E-state index in [1.54, 1.807) is 0 Å². The summed E-state index contributed by atoms with van der Waals surface area (Å²) in [5, 5.41) is 0. The molecule has 1 aliphatic rings. The molecule has 2 rings (SSSR count). The average Bonchev–Trinajstić information content (AvgIpc) is 2.56. The topological polar surface area (TPSA) is 26.0 Å². The number of rotatable bonds is 2. The summed E-state index contributed by atoms with van der Waals surface area (Å²) in [4.78, 5) is 0. The van der Waals surface area contributed by atoms with Gasteiger partial charge in [-0.25, -0.2) is 0 Å². The third-order valence-corrected chi connectivity index (χ3v) is 3.95. The number of benzene rings is 1. The van der Waals surface area contributed by atoms with Crippen LogP contribution in [0, 0.1) is 0 Å². The van der Waals surface area contributed by atoms with E-state index in [1.807, 2.05) is 0 Å². The summed E-state index contributed by atoms with van der Waals surface area (Å²) in [6.45, 7) is 4.23. The van der Waals surface area contributed by atoms with E-state index in [2.05, 4.69) is 38.1 Å². The quantitative estimate of drug-likeness (QED) is 0.754. The Labute approximate surface area is 105 Å². The molecule has 0 radical (unpaired) electrons. The lowest BCUT2D eigenvalue weighted by Gasteiger charge is -2.27. The summed E-state index contributed by atoms with van der Waals surface area (Å²) in [5.41, 5.74) is 8.93. The third-order valence-electron chi connectivity index (χ3n) is 3.95. The van der Waals surface area contributed by atoms with Crippen molar-refractivity contribution in [3.8, 4) is 0 Å². The lowest BCUT2D eigenvalue weighted by atomic mass is 9.82. The molecule has 0 aliphatic heterocycles. The van der Waals surface area contributed by atoms with Crippen LogP contribution in [0.15, 0.2) is 24.3 Å². The van der Waals surface area contributed by atoms with Gasteiger partial charge in [-0.3, -0.25) is 0 Å². The number of nitrogens with two attached hydrogens (primary N) is 1. The number of hydrogen-bond donors (Lipinski definition) is 1. The molecular weight excluding hydrogens is 206 g/mol. The smallest absolute Gasteiger partial charge is 0.0355 e. The van der Waals surface area contributed by atoms with Crippen LogP contribution >= 0.6 is 0 Å². The van der Waals surface area contributed by atoms with E-state index < -0.39 is 0 Å². The van der Waals surface area contributed by atoms with Gasteiger partial charge in [0, 0.05) is 5.54 Å². The standard InChI is InChI=1S/C16H25N/c1-16(2,17)15-12-8-7-11-14(15)13-9-5-3-4-6-10-13/h7-8,11-13H,3-6,9-10,17H2,1-2H3. The van der Waals surface area contributed by atoms with Crippen molar-refractivity contribution in [2.45, 2.75) is 63.8 Å². The van der Waals surface area contributed by atoms with Gasteiger partial charge in [-0.05, 0) is 43.7 Å². The first-order valence-corrected chi connectivity index (χ1v) is 6.97. The van der Waals surface area contributed by atoms with Crippen molar-refractivity contribution in [2.75, 3.05) is 0 Å². The SMILES string of the molecule is CC(C)(N)c1ccccc1C1CCCCCC1. The highest BCUT2D eigenvalue weighted by atomic mass is 14.7. The lowest BCUT2D eigenvalue weighted by Crippen LogP contribution is -2.30. The van der Waals surface area contributed by atoms with Gasteiger partial charge in [-0.2, -0.15) is 0 Å². The van der Waals surface area contributed by atoms with Gasteiger partial charge in [0.05, 0.1) is 0 Å². The van der Waals surface area contributed by atoms with E-state index in [0.717, 1.165) is 5.92 Å². The first kappa shape index (κ1) is 12.6. The second kappa shape index (κ2) is 5.22. The van der Waals surface area contributed by atoms with E-state index in [9.17, 15) is 0 Å². The highest BCUT2D eigenvalue weighted by Crippen LogP contribution is 2.36. The molecule has 0 heterocycles. The molecule has 2 N–H and O–H groups in total. The molecule has 1 nitrogen and oxygen atoms in total. The second-order valence-electron chi connectivity index (χ2n) is 6.00. The molecule has 94 valence electrons. The predicted octanol–water partition coefficient (Wildman–Crippen LogP) is 4.32. The molecule has 17 heavy (non-hydrogen) atoms. The summed E-state index contributed by atoms with van der Waals surface area (Å²) in [6.07, 6.45) is 8.25. The van der Waals surface area contributed by atoms with Crippen LogP contribution in [0.2, 0.25) is 0 Å². The van der Waals surface area contributed by atoms with Crippen molar-refractivity contribution in [3.05, 3.63) is 35.4 Å². The predicted molar refractivity (Wildman–Crippen MR) is 74.1 cm³/mol. The fourth-order valence-electron chi connectivity index (χ4n) is 3.03. The molecule has 0 bridgehead atoms. The second-order valence-corrected chi connectivity index (χ2v) is 6.00. The zero-order chi connectivity index (χ0) is 12.3. The zero-order valence-corrected chi connectivity index (χ0v) is 11.2. The van der Waals surface area contributed by atoms with Crippen molar-refractivity contribution < 1.29 is 0 Å².